The number of hydrogen-bond donors (Lipinski definition) is 1. The molecule has 2 heterocycles. The van der Waals surface area contributed by atoms with Gasteiger partial charge in [-0.15, -0.1) is 0 Å². The SMILES string of the molecule is COc1ccc(C(=O)Nc2ccc(N3CCN(c4ccc(C#N)cn4)CC3)cc2)cc1F. The van der Waals surface area contributed by atoms with Crippen LogP contribution in [0.1, 0.15) is 15.9 Å². The average Bonchev–Trinajstić information content (AvgIpc) is 2.84. The van der Waals surface area contributed by atoms with Gasteiger partial charge >= 0.3 is 0 Å². The molecule has 162 valence electrons. The second-order valence-electron chi connectivity index (χ2n) is 7.34. The number of amides is 1. The molecular weight excluding hydrogens is 409 g/mol. The summed E-state index contributed by atoms with van der Waals surface area (Å²) in [5, 5.41) is 11.7. The van der Waals surface area contributed by atoms with Gasteiger partial charge in [0.05, 0.1) is 12.7 Å². The van der Waals surface area contributed by atoms with Crippen molar-refractivity contribution in [1.29, 1.82) is 5.26 Å². The summed E-state index contributed by atoms with van der Waals surface area (Å²) >= 11 is 0. The molecule has 0 radical (unpaired) electrons. The molecule has 0 saturated carbocycles. The Balaban J connectivity index is 1.34. The van der Waals surface area contributed by atoms with Gasteiger partial charge in [-0.1, -0.05) is 0 Å². The van der Waals surface area contributed by atoms with E-state index < -0.39 is 5.82 Å². The second-order valence-corrected chi connectivity index (χ2v) is 7.34. The molecule has 3 aromatic rings. The zero-order valence-corrected chi connectivity index (χ0v) is 17.6. The second kappa shape index (κ2) is 9.35. The summed E-state index contributed by atoms with van der Waals surface area (Å²) in [7, 11) is 1.38. The van der Waals surface area contributed by atoms with Gasteiger partial charge in [0.25, 0.3) is 5.91 Å². The minimum atomic E-state index is -0.578. The molecule has 1 fully saturated rings. The van der Waals surface area contributed by atoms with E-state index >= 15 is 0 Å². The summed E-state index contributed by atoms with van der Waals surface area (Å²) in [6.07, 6.45) is 1.59. The first kappa shape index (κ1) is 21.1. The number of anilines is 3. The van der Waals surface area contributed by atoms with Gasteiger partial charge < -0.3 is 19.9 Å². The van der Waals surface area contributed by atoms with Crippen LogP contribution in [0.5, 0.6) is 5.75 Å². The summed E-state index contributed by atoms with van der Waals surface area (Å²) < 4.78 is 18.7. The van der Waals surface area contributed by atoms with Gasteiger partial charge in [0.15, 0.2) is 11.6 Å². The molecule has 0 bridgehead atoms. The lowest BCUT2D eigenvalue weighted by atomic mass is 10.2. The molecular formula is C24H22FN5O2. The fourth-order valence-corrected chi connectivity index (χ4v) is 3.60. The van der Waals surface area contributed by atoms with E-state index in [9.17, 15) is 9.18 Å². The van der Waals surface area contributed by atoms with E-state index in [0.717, 1.165) is 43.8 Å². The topological polar surface area (TPSA) is 81.5 Å². The number of hydrogen-bond acceptors (Lipinski definition) is 6. The normalized spacial score (nSPS) is 13.4. The largest absolute Gasteiger partial charge is 0.494 e. The first-order valence-electron chi connectivity index (χ1n) is 10.2. The van der Waals surface area contributed by atoms with Crippen molar-refractivity contribution in [3.8, 4) is 11.8 Å². The van der Waals surface area contributed by atoms with E-state index in [-0.39, 0.29) is 17.2 Å². The standard InChI is InChI=1S/C24H22FN5O2/c1-32-22-8-3-18(14-21(22)25)24(31)28-19-4-6-20(7-5-19)29-10-12-30(13-11-29)23-9-2-17(15-26)16-27-23/h2-9,14,16H,10-13H2,1H3,(H,28,31). The third-order valence-corrected chi connectivity index (χ3v) is 5.38. The molecule has 1 N–H and O–H groups in total. The predicted molar refractivity (Wildman–Crippen MR) is 121 cm³/mol. The molecule has 7 nitrogen and oxygen atoms in total. The van der Waals surface area contributed by atoms with Crippen molar-refractivity contribution in [3.63, 3.8) is 0 Å². The Bertz CT molecular complexity index is 1130. The van der Waals surface area contributed by atoms with Crippen LogP contribution in [0, 0.1) is 17.1 Å². The first-order chi connectivity index (χ1) is 15.6. The Labute approximate surface area is 185 Å². The van der Waals surface area contributed by atoms with Crippen molar-refractivity contribution < 1.29 is 13.9 Å². The van der Waals surface area contributed by atoms with Crippen LogP contribution in [-0.4, -0.2) is 44.2 Å². The van der Waals surface area contributed by atoms with Gasteiger partial charge in [-0.05, 0) is 54.6 Å². The summed E-state index contributed by atoms with van der Waals surface area (Å²) in [6, 6.07) is 17.4. The van der Waals surface area contributed by atoms with Crippen LogP contribution >= 0.6 is 0 Å². The third kappa shape index (κ3) is 4.62. The summed E-state index contributed by atoms with van der Waals surface area (Å²) in [5.41, 5.74) is 2.47. The Morgan fingerprint density at radius 3 is 2.38 bits per heavy atom. The molecule has 32 heavy (non-hydrogen) atoms. The molecule has 8 heteroatoms. The zero-order valence-electron chi connectivity index (χ0n) is 17.6. The molecule has 1 aromatic heterocycles. The van der Waals surface area contributed by atoms with Gasteiger partial charge in [0.1, 0.15) is 11.9 Å². The van der Waals surface area contributed by atoms with Gasteiger partial charge in [-0.2, -0.15) is 5.26 Å². The average molecular weight is 431 g/mol. The molecule has 1 aliphatic heterocycles. The van der Waals surface area contributed by atoms with E-state index in [1.165, 1.54) is 19.2 Å². The maximum absolute atomic E-state index is 13.8. The highest BCUT2D eigenvalue weighted by Crippen LogP contribution is 2.23. The minimum Gasteiger partial charge on any atom is -0.494 e. The Hall–Kier alpha value is -4.12. The molecule has 1 amide bonds. The monoisotopic (exact) mass is 431 g/mol. The van der Waals surface area contributed by atoms with Crippen molar-refractivity contribution in [2.45, 2.75) is 0 Å². The maximum Gasteiger partial charge on any atom is 0.255 e. The number of carbonyl (C=O) groups excluding carboxylic acids is 1. The van der Waals surface area contributed by atoms with E-state index in [1.54, 1.807) is 12.3 Å². The predicted octanol–water partition coefficient (Wildman–Crippen LogP) is 3.68. The van der Waals surface area contributed by atoms with Gasteiger partial charge in [-0.25, -0.2) is 9.37 Å². The first-order valence-corrected chi connectivity index (χ1v) is 10.2. The number of piperazine rings is 1. The minimum absolute atomic E-state index is 0.0981. The number of methoxy groups -OCH3 is 1. The van der Waals surface area contributed by atoms with Crippen molar-refractivity contribution >= 4 is 23.1 Å². The fourth-order valence-electron chi connectivity index (χ4n) is 3.60. The molecule has 0 unspecified atom stereocenters. The summed E-state index contributed by atoms with van der Waals surface area (Å²) in [6.45, 7) is 3.30. The zero-order chi connectivity index (χ0) is 22.5. The van der Waals surface area contributed by atoms with Crippen LogP contribution < -0.4 is 19.9 Å². The molecule has 0 spiro atoms. The summed E-state index contributed by atoms with van der Waals surface area (Å²) in [5.74, 6) is 0.00586. The lowest BCUT2D eigenvalue weighted by molar-refractivity contribution is 0.102. The van der Waals surface area contributed by atoms with Crippen LogP contribution in [-0.2, 0) is 0 Å². The van der Waals surface area contributed by atoms with Crippen molar-refractivity contribution in [1.82, 2.24) is 4.98 Å². The Morgan fingerprint density at radius 1 is 1.06 bits per heavy atom. The molecule has 1 aliphatic rings. The highest BCUT2D eigenvalue weighted by Gasteiger charge is 2.18. The van der Waals surface area contributed by atoms with Crippen LogP contribution in [0.25, 0.3) is 0 Å². The van der Waals surface area contributed by atoms with Crippen LogP contribution in [0.3, 0.4) is 0 Å². The third-order valence-electron chi connectivity index (χ3n) is 5.38. The van der Waals surface area contributed by atoms with E-state index in [2.05, 4.69) is 26.2 Å². The van der Waals surface area contributed by atoms with E-state index in [1.807, 2.05) is 30.3 Å². The number of nitriles is 1. The molecule has 0 aliphatic carbocycles. The Kier molecular flexibility index (Phi) is 6.17. The number of nitrogens with zero attached hydrogens (tertiary/aromatic N) is 4. The van der Waals surface area contributed by atoms with Gasteiger partial charge in [-0.3, -0.25) is 4.79 Å². The van der Waals surface area contributed by atoms with Gasteiger partial charge in [0.2, 0.25) is 0 Å². The van der Waals surface area contributed by atoms with Crippen LogP contribution in [0.15, 0.2) is 60.8 Å². The number of nitrogens with one attached hydrogen (secondary N) is 1. The van der Waals surface area contributed by atoms with E-state index in [4.69, 9.17) is 10.00 Å². The molecule has 0 atom stereocenters. The van der Waals surface area contributed by atoms with Gasteiger partial charge in [0, 0.05) is 49.3 Å². The highest BCUT2D eigenvalue weighted by atomic mass is 19.1. The smallest absolute Gasteiger partial charge is 0.255 e. The number of halogens is 1. The highest BCUT2D eigenvalue weighted by molar-refractivity contribution is 6.04. The number of benzene rings is 2. The summed E-state index contributed by atoms with van der Waals surface area (Å²) in [4.78, 5) is 21.2. The van der Waals surface area contributed by atoms with Crippen molar-refractivity contribution in [2.75, 3.05) is 48.4 Å². The number of aromatic nitrogens is 1. The Morgan fingerprint density at radius 2 is 1.78 bits per heavy atom. The van der Waals surface area contributed by atoms with Crippen molar-refractivity contribution in [3.05, 3.63) is 77.7 Å². The lowest BCUT2D eigenvalue weighted by Gasteiger charge is -2.36. The van der Waals surface area contributed by atoms with Crippen LogP contribution in [0.4, 0.5) is 21.6 Å². The lowest BCUT2D eigenvalue weighted by Crippen LogP contribution is -2.46. The molecule has 1 saturated heterocycles. The number of ether oxygens (including phenoxy) is 1. The molecule has 4 rings (SSSR count). The molecule has 2 aromatic carbocycles. The number of carbonyl (C=O) groups is 1. The van der Waals surface area contributed by atoms with Crippen LogP contribution in [0.2, 0.25) is 0 Å². The maximum atomic E-state index is 13.8. The van der Waals surface area contributed by atoms with E-state index in [0.29, 0.717) is 11.3 Å². The fraction of sp³-hybridized carbons (Fsp3) is 0.208. The number of rotatable bonds is 5. The number of pyridine rings is 1. The van der Waals surface area contributed by atoms with Crippen molar-refractivity contribution in [2.24, 2.45) is 0 Å². The quantitative estimate of drug-likeness (QED) is 0.664.